The predicted molar refractivity (Wildman–Crippen MR) is 307 cm³/mol. The molecular formula is C55H83ClF3N8O22P. The molecule has 1 unspecified atom stereocenters. The summed E-state index contributed by atoms with van der Waals surface area (Å²) >= 11 is 6.38. The fraction of sp³-hybridized carbons (Fsp3) is 0.745. The molecule has 1 aromatic carbocycles. The van der Waals surface area contributed by atoms with E-state index in [0.29, 0.717) is 187 Å². The summed E-state index contributed by atoms with van der Waals surface area (Å²) < 4.78 is 142. The number of rotatable bonds is 49. The molecule has 4 atom stereocenters. The van der Waals surface area contributed by atoms with E-state index >= 15 is 0 Å². The second-order valence-corrected chi connectivity index (χ2v) is 22.9. The second kappa shape index (κ2) is 40.1. The average molecular weight is 1330 g/mol. The lowest BCUT2D eigenvalue weighted by Gasteiger charge is -2.54. The lowest BCUT2D eigenvalue weighted by Crippen LogP contribution is -2.58. The largest absolute Gasteiger partial charge is 0.420 e. The summed E-state index contributed by atoms with van der Waals surface area (Å²) in [6, 6.07) is 0.841. The molecule has 1 saturated carbocycles. The number of ether oxygens (including phenoxy) is 16. The molecular weight excluding hydrogens is 1250 g/mol. The highest BCUT2D eigenvalue weighted by Gasteiger charge is 2.48. The highest BCUT2D eigenvalue weighted by Crippen LogP contribution is 2.47. The number of benzene rings is 1. The molecule has 5 heterocycles. The van der Waals surface area contributed by atoms with Crippen LogP contribution in [0.4, 0.5) is 19.0 Å². The summed E-state index contributed by atoms with van der Waals surface area (Å²) in [4.78, 5) is 40.9. The van der Waals surface area contributed by atoms with Crippen LogP contribution in [-0.4, -0.2) is 270 Å². The van der Waals surface area contributed by atoms with Crippen LogP contribution < -0.4 is 9.64 Å². The van der Waals surface area contributed by atoms with E-state index in [2.05, 4.69) is 35.0 Å². The van der Waals surface area contributed by atoms with Crippen LogP contribution in [0.1, 0.15) is 44.0 Å². The average Bonchev–Trinajstić information content (AvgIpc) is 1.39. The molecule has 0 radical (unpaired) electrons. The quantitative estimate of drug-likeness (QED) is 0.0162. The Morgan fingerprint density at radius 2 is 1.17 bits per heavy atom. The number of nitrogens with zero attached hydrogens (tertiary/aromatic N) is 8. The van der Waals surface area contributed by atoms with E-state index in [1.54, 1.807) is 10.9 Å². The monoisotopic (exact) mass is 1330 g/mol. The Balaban J connectivity index is 0.565. The van der Waals surface area contributed by atoms with Crippen molar-refractivity contribution >= 4 is 42.0 Å². The van der Waals surface area contributed by atoms with Crippen LogP contribution in [0.15, 0.2) is 24.5 Å². The molecule has 4 N–H and O–H groups in total. The summed E-state index contributed by atoms with van der Waals surface area (Å²) in [6.07, 6.45) is 1.22. The Labute approximate surface area is 523 Å². The molecule has 35 heteroatoms. The third-order valence-corrected chi connectivity index (χ3v) is 14.8. The third kappa shape index (κ3) is 25.9. The number of hydrogen-bond acceptors (Lipinski definition) is 26. The minimum atomic E-state index is -4.43. The predicted octanol–water partition coefficient (Wildman–Crippen LogP) is 2.42. The third-order valence-electron chi connectivity index (χ3n) is 14.1. The van der Waals surface area contributed by atoms with Gasteiger partial charge in [-0.2, -0.15) is 15.1 Å². The van der Waals surface area contributed by atoms with Gasteiger partial charge in [0.1, 0.15) is 42.0 Å². The van der Waals surface area contributed by atoms with Crippen molar-refractivity contribution in [2.24, 2.45) is 5.41 Å². The molecule has 2 saturated heterocycles. The first-order chi connectivity index (χ1) is 43.7. The molecule has 2 aliphatic heterocycles. The lowest BCUT2D eigenvalue weighted by molar-refractivity contribution is -0.136. The van der Waals surface area contributed by atoms with Crippen LogP contribution in [0.25, 0.3) is 11.0 Å². The second-order valence-electron chi connectivity index (χ2n) is 21.0. The smallest absolute Gasteiger partial charge is 0.350 e. The van der Waals surface area contributed by atoms with Gasteiger partial charge in [0.05, 0.1) is 209 Å². The molecule has 7 rings (SSSR count). The zero-order valence-corrected chi connectivity index (χ0v) is 51.8. The van der Waals surface area contributed by atoms with Crippen LogP contribution in [0, 0.1) is 22.9 Å². The first kappa shape index (κ1) is 73.1. The number of aromatic nitrogens is 7. The van der Waals surface area contributed by atoms with Crippen molar-refractivity contribution in [1.29, 1.82) is 0 Å². The fourth-order valence-electron chi connectivity index (χ4n) is 9.64. The SMILES string of the molecule is O=C(CCOCCOCCOCCOCCOCCOCCOCCOCCn1cc(COCCOCCOCCOCCOC2CCC3(CC2)CN(c2nc(Cl)nc4c2cnn4[C@@H]2OC(COCP(=O)(O)O)[C@@H](O)[C@H]2O)C3)nn1)Oc1c(F)cc(F)cc1F. The van der Waals surface area contributed by atoms with Crippen molar-refractivity contribution in [2.45, 2.75) is 75.9 Å². The highest BCUT2D eigenvalue weighted by atomic mass is 35.5. The Kier molecular flexibility index (Phi) is 32.6. The van der Waals surface area contributed by atoms with Gasteiger partial charge in [-0.05, 0) is 37.3 Å². The zero-order chi connectivity index (χ0) is 63.8. The molecule has 4 aromatic rings. The van der Waals surface area contributed by atoms with Gasteiger partial charge in [-0.1, -0.05) is 5.21 Å². The molecule has 508 valence electrons. The molecule has 3 aliphatic rings. The topological polar surface area (TPSA) is 340 Å². The number of fused-ring (bicyclic) bond motifs is 1. The summed E-state index contributed by atoms with van der Waals surface area (Å²) in [5.74, 6) is -5.01. The first-order valence-corrected chi connectivity index (χ1v) is 31.9. The minimum absolute atomic E-state index is 0.0183. The van der Waals surface area contributed by atoms with Crippen molar-refractivity contribution in [3.05, 3.63) is 53.0 Å². The van der Waals surface area contributed by atoms with Gasteiger partial charge in [0.15, 0.2) is 23.5 Å². The lowest BCUT2D eigenvalue weighted by atomic mass is 9.68. The van der Waals surface area contributed by atoms with Gasteiger partial charge in [-0.25, -0.2) is 22.5 Å². The van der Waals surface area contributed by atoms with Gasteiger partial charge in [0, 0.05) is 30.6 Å². The fourth-order valence-corrected chi connectivity index (χ4v) is 10.1. The molecule has 1 spiro atoms. The molecule has 90 heavy (non-hydrogen) atoms. The minimum Gasteiger partial charge on any atom is -0.420 e. The number of aliphatic hydroxyl groups excluding tert-OH is 2. The number of anilines is 1. The molecule has 0 amide bonds. The van der Waals surface area contributed by atoms with Crippen molar-refractivity contribution in [3.8, 4) is 5.75 Å². The number of esters is 1. The number of carbonyl (C=O) groups is 1. The maximum absolute atomic E-state index is 13.6. The van der Waals surface area contributed by atoms with Crippen molar-refractivity contribution in [2.75, 3.05) is 190 Å². The van der Waals surface area contributed by atoms with Gasteiger partial charge in [0.25, 0.3) is 0 Å². The van der Waals surface area contributed by atoms with Gasteiger partial charge >= 0.3 is 13.6 Å². The molecule has 30 nitrogen and oxygen atoms in total. The van der Waals surface area contributed by atoms with Gasteiger partial charge in [-0.15, -0.1) is 5.10 Å². The van der Waals surface area contributed by atoms with Crippen LogP contribution in [0.2, 0.25) is 5.28 Å². The Bertz CT molecular complexity index is 2710. The van der Waals surface area contributed by atoms with E-state index in [9.17, 15) is 32.7 Å². The van der Waals surface area contributed by atoms with Crippen molar-refractivity contribution in [1.82, 2.24) is 34.7 Å². The Morgan fingerprint density at radius 3 is 1.70 bits per heavy atom. The molecule has 3 fully saturated rings. The van der Waals surface area contributed by atoms with Gasteiger partial charge in [-0.3, -0.25) is 9.36 Å². The normalized spacial score (nSPS) is 18.6. The Hall–Kier alpha value is -4.27. The van der Waals surface area contributed by atoms with E-state index in [-0.39, 0.29) is 49.7 Å². The zero-order valence-electron chi connectivity index (χ0n) is 50.1. The summed E-state index contributed by atoms with van der Waals surface area (Å²) in [7, 11) is -4.43. The highest BCUT2D eigenvalue weighted by molar-refractivity contribution is 7.51. The van der Waals surface area contributed by atoms with Crippen LogP contribution in [-0.2, 0) is 93.6 Å². The number of aliphatic hydroxyl groups is 2. The van der Waals surface area contributed by atoms with E-state index < -0.39 is 67.7 Å². The summed E-state index contributed by atoms with van der Waals surface area (Å²) in [6.45, 7) is 11.2. The number of carbonyl (C=O) groups excluding carboxylic acids is 1. The van der Waals surface area contributed by atoms with E-state index in [1.165, 1.54) is 4.68 Å². The van der Waals surface area contributed by atoms with Crippen molar-refractivity contribution < 1.29 is 118 Å². The van der Waals surface area contributed by atoms with Crippen LogP contribution in [0.5, 0.6) is 5.75 Å². The maximum atomic E-state index is 13.6. The number of hydrogen-bond donors (Lipinski definition) is 4. The van der Waals surface area contributed by atoms with Crippen LogP contribution in [0.3, 0.4) is 0 Å². The van der Waals surface area contributed by atoms with Gasteiger partial charge in [0.2, 0.25) is 11.0 Å². The number of halogens is 4. The summed E-state index contributed by atoms with van der Waals surface area (Å²) in [5, 5.41) is 34.6. The van der Waals surface area contributed by atoms with Crippen LogP contribution >= 0.6 is 19.2 Å². The van der Waals surface area contributed by atoms with Gasteiger partial charge < -0.3 is 101 Å². The van der Waals surface area contributed by atoms with E-state index in [0.717, 1.165) is 38.8 Å². The van der Waals surface area contributed by atoms with E-state index in [1.807, 2.05) is 6.20 Å². The molecule has 3 aromatic heterocycles. The first-order valence-electron chi connectivity index (χ1n) is 29.8. The molecule has 0 bridgehead atoms. The maximum Gasteiger partial charge on any atom is 0.350 e. The standard InChI is InChI=1S/C55H83ClF3N8O22P/c56-54-61-51(43-33-60-67(52(43)62-54)53-49(70)48(69)46(88-53)36-86-39-90(71,72)73)65-37-55(38-65)4-1-42(2-5-55)87-30-29-84-26-25-82-23-24-83-27-28-85-35-41-34-66(64-63-41)6-8-75-10-12-77-14-16-79-18-20-81-22-21-80-19-17-78-15-13-76-11-9-74-7-3-47(68)89-50-44(58)31-40(57)32-45(50)59/h31-34,42,46,48-49,53,69-70H,1-30,35-39H2,(H2,71,72,73)/t46?,48-,49-,53-/m1/s1. The van der Waals surface area contributed by atoms with Crippen molar-refractivity contribution in [3.63, 3.8) is 0 Å². The van der Waals surface area contributed by atoms with E-state index in [4.69, 9.17) is 92.4 Å². The molecule has 1 aliphatic carbocycles. The Morgan fingerprint density at radius 1 is 0.667 bits per heavy atom. The summed E-state index contributed by atoms with van der Waals surface area (Å²) in [5.41, 5.74) is 1.12.